The van der Waals surface area contributed by atoms with E-state index in [-0.39, 0.29) is 32.7 Å². The predicted molar refractivity (Wildman–Crippen MR) is 113 cm³/mol. The van der Waals surface area contributed by atoms with Gasteiger partial charge in [0.2, 0.25) is 11.8 Å². The Morgan fingerprint density at radius 2 is 1.97 bits per heavy atom. The van der Waals surface area contributed by atoms with Crippen molar-refractivity contribution >= 4 is 46.4 Å². The molecule has 0 saturated carbocycles. The van der Waals surface area contributed by atoms with E-state index in [0.29, 0.717) is 5.56 Å². The van der Waals surface area contributed by atoms with Crippen LogP contribution in [0.2, 0.25) is 10.0 Å². The summed E-state index contributed by atoms with van der Waals surface area (Å²) < 4.78 is 28.6. The molecule has 0 fully saturated rings. The van der Waals surface area contributed by atoms with Gasteiger partial charge in [0, 0.05) is 22.5 Å². The highest BCUT2D eigenvalue weighted by Crippen LogP contribution is 2.42. The van der Waals surface area contributed by atoms with Crippen LogP contribution < -0.4 is 10.2 Å². The SMILES string of the molecule is C[C@H]1C(=O)N(CC(=O)Nc2ccc(Cl)c(F)c2)c2cc(Cl)cc(F)c2-c2ncncc21. The van der Waals surface area contributed by atoms with Crippen LogP contribution >= 0.6 is 23.2 Å². The molecule has 1 N–H and O–H groups in total. The minimum atomic E-state index is -0.748. The molecule has 2 heterocycles. The van der Waals surface area contributed by atoms with Crippen LogP contribution in [0, 0.1) is 11.6 Å². The van der Waals surface area contributed by atoms with Crippen LogP contribution in [0.1, 0.15) is 18.4 Å². The van der Waals surface area contributed by atoms with E-state index in [4.69, 9.17) is 23.2 Å². The highest BCUT2D eigenvalue weighted by Gasteiger charge is 2.35. The fraction of sp³-hybridized carbons (Fsp3) is 0.143. The van der Waals surface area contributed by atoms with Crippen LogP contribution in [-0.2, 0) is 9.59 Å². The standard InChI is InChI=1S/C21H14Cl2F2N4O2/c1-10-13-7-26-9-27-20(13)19-16(25)4-11(22)5-17(19)29(21(10)31)8-18(30)28-12-2-3-14(23)15(24)6-12/h2-7,9-10H,8H2,1H3,(H,28,30)/t10-/m1/s1. The van der Waals surface area contributed by atoms with E-state index >= 15 is 0 Å². The summed E-state index contributed by atoms with van der Waals surface area (Å²) in [5.74, 6) is -3.22. The third-order valence-corrected chi connectivity index (χ3v) is 5.44. The second-order valence-corrected chi connectivity index (χ2v) is 7.78. The topological polar surface area (TPSA) is 75.2 Å². The fourth-order valence-electron chi connectivity index (χ4n) is 3.44. The molecule has 0 spiro atoms. The van der Waals surface area contributed by atoms with E-state index in [2.05, 4.69) is 15.3 Å². The number of rotatable bonds is 3. The van der Waals surface area contributed by atoms with Crippen LogP contribution in [0.3, 0.4) is 0 Å². The highest BCUT2D eigenvalue weighted by atomic mass is 35.5. The summed E-state index contributed by atoms with van der Waals surface area (Å²) in [6.07, 6.45) is 2.70. The molecule has 1 atom stereocenters. The Hall–Kier alpha value is -3.10. The zero-order valence-corrected chi connectivity index (χ0v) is 17.5. The summed E-state index contributed by atoms with van der Waals surface area (Å²) in [6, 6.07) is 6.29. The lowest BCUT2D eigenvalue weighted by Gasteiger charge is -2.24. The Labute approximate surface area is 185 Å². The number of hydrogen-bond donors (Lipinski definition) is 1. The summed E-state index contributed by atoms with van der Waals surface area (Å²) in [5, 5.41) is 2.47. The van der Waals surface area contributed by atoms with Gasteiger partial charge in [-0.25, -0.2) is 18.7 Å². The molecule has 1 aromatic heterocycles. The molecular formula is C21H14Cl2F2N4O2. The second kappa shape index (κ2) is 8.20. The first kappa shape index (κ1) is 21.1. The van der Waals surface area contributed by atoms with E-state index < -0.39 is 35.9 Å². The summed E-state index contributed by atoms with van der Waals surface area (Å²) >= 11 is 11.7. The molecule has 10 heteroatoms. The lowest BCUT2D eigenvalue weighted by molar-refractivity contribution is -0.122. The number of halogens is 4. The first-order valence-corrected chi connectivity index (χ1v) is 9.87. The number of carbonyl (C=O) groups is 2. The largest absolute Gasteiger partial charge is 0.324 e. The lowest BCUT2D eigenvalue weighted by Crippen LogP contribution is -2.40. The molecule has 0 aliphatic carbocycles. The first-order valence-electron chi connectivity index (χ1n) is 9.12. The normalized spacial score (nSPS) is 15.2. The molecule has 0 radical (unpaired) electrons. The van der Waals surface area contributed by atoms with Gasteiger partial charge < -0.3 is 10.2 Å². The Morgan fingerprint density at radius 1 is 1.19 bits per heavy atom. The van der Waals surface area contributed by atoms with Crippen molar-refractivity contribution in [1.82, 2.24) is 9.97 Å². The van der Waals surface area contributed by atoms with Crippen molar-refractivity contribution in [1.29, 1.82) is 0 Å². The van der Waals surface area contributed by atoms with Gasteiger partial charge in [0.05, 0.1) is 27.9 Å². The number of nitrogens with zero attached hydrogens (tertiary/aromatic N) is 3. The Bertz CT molecular complexity index is 1220. The zero-order chi connectivity index (χ0) is 22.3. The van der Waals surface area contributed by atoms with Gasteiger partial charge in [-0.15, -0.1) is 0 Å². The van der Waals surface area contributed by atoms with Crippen LogP contribution in [0.25, 0.3) is 11.3 Å². The minimum absolute atomic E-state index is 0.0461. The van der Waals surface area contributed by atoms with E-state index in [1.165, 1.54) is 30.7 Å². The zero-order valence-electron chi connectivity index (χ0n) is 16.0. The van der Waals surface area contributed by atoms with Gasteiger partial charge in [0.25, 0.3) is 0 Å². The van der Waals surface area contributed by atoms with Gasteiger partial charge in [-0.3, -0.25) is 9.59 Å². The molecule has 4 rings (SSSR count). The number of hydrogen-bond acceptors (Lipinski definition) is 4. The van der Waals surface area contributed by atoms with Gasteiger partial charge in [0.15, 0.2) is 0 Å². The lowest BCUT2D eigenvalue weighted by atomic mass is 9.98. The van der Waals surface area contributed by atoms with Crippen molar-refractivity contribution in [3.63, 3.8) is 0 Å². The third kappa shape index (κ3) is 3.96. The number of nitrogens with one attached hydrogen (secondary N) is 1. The van der Waals surface area contributed by atoms with Crippen LogP contribution in [0.4, 0.5) is 20.2 Å². The summed E-state index contributed by atoms with van der Waals surface area (Å²) in [7, 11) is 0. The number of carbonyl (C=O) groups excluding carboxylic acids is 2. The molecule has 3 aromatic rings. The first-order chi connectivity index (χ1) is 14.8. The van der Waals surface area contributed by atoms with Crippen molar-refractivity contribution in [3.05, 3.63) is 70.1 Å². The van der Waals surface area contributed by atoms with Crippen molar-refractivity contribution in [3.8, 4) is 11.3 Å². The smallest absolute Gasteiger partial charge is 0.244 e. The molecule has 0 saturated heterocycles. The number of amides is 2. The van der Waals surface area contributed by atoms with Gasteiger partial charge in [-0.1, -0.05) is 23.2 Å². The minimum Gasteiger partial charge on any atom is -0.324 e. The van der Waals surface area contributed by atoms with Gasteiger partial charge in [0.1, 0.15) is 24.5 Å². The molecule has 6 nitrogen and oxygen atoms in total. The number of fused-ring (bicyclic) bond motifs is 3. The van der Waals surface area contributed by atoms with Gasteiger partial charge in [-0.05, 0) is 37.3 Å². The number of anilines is 2. The Balaban J connectivity index is 1.75. The van der Waals surface area contributed by atoms with E-state index in [1.807, 2.05) is 0 Å². The van der Waals surface area contributed by atoms with E-state index in [9.17, 15) is 18.4 Å². The molecule has 0 bridgehead atoms. The molecule has 1 aliphatic heterocycles. The molecule has 1 aliphatic rings. The van der Waals surface area contributed by atoms with Crippen molar-refractivity contribution in [2.24, 2.45) is 0 Å². The van der Waals surface area contributed by atoms with E-state index in [1.54, 1.807) is 6.92 Å². The van der Waals surface area contributed by atoms with Crippen LogP contribution in [-0.4, -0.2) is 28.3 Å². The van der Waals surface area contributed by atoms with Crippen LogP contribution in [0.15, 0.2) is 42.9 Å². The van der Waals surface area contributed by atoms with Gasteiger partial charge in [-0.2, -0.15) is 0 Å². The molecule has 0 unspecified atom stereocenters. The number of aromatic nitrogens is 2. The maximum atomic E-state index is 14.9. The highest BCUT2D eigenvalue weighted by molar-refractivity contribution is 6.31. The molecule has 2 aromatic carbocycles. The molecular weight excluding hydrogens is 449 g/mol. The average molecular weight is 463 g/mol. The summed E-state index contributed by atoms with van der Waals surface area (Å²) in [5.41, 5.74) is 0.996. The third-order valence-electron chi connectivity index (χ3n) is 4.91. The quantitative estimate of drug-likeness (QED) is 0.605. The van der Waals surface area contributed by atoms with Gasteiger partial charge >= 0.3 is 0 Å². The number of benzene rings is 2. The Kier molecular flexibility index (Phi) is 5.60. The summed E-state index contributed by atoms with van der Waals surface area (Å²) in [6.45, 7) is 1.16. The molecule has 31 heavy (non-hydrogen) atoms. The van der Waals surface area contributed by atoms with E-state index in [0.717, 1.165) is 17.0 Å². The predicted octanol–water partition coefficient (Wildman–Crippen LogP) is 4.82. The molecule has 2 amide bonds. The van der Waals surface area contributed by atoms with Crippen molar-refractivity contribution in [2.75, 3.05) is 16.8 Å². The Morgan fingerprint density at radius 3 is 2.71 bits per heavy atom. The molecule has 158 valence electrons. The summed E-state index contributed by atoms with van der Waals surface area (Å²) in [4.78, 5) is 35.2. The monoisotopic (exact) mass is 462 g/mol. The maximum Gasteiger partial charge on any atom is 0.244 e. The van der Waals surface area contributed by atoms with Crippen molar-refractivity contribution < 1.29 is 18.4 Å². The maximum absolute atomic E-state index is 14.9. The second-order valence-electron chi connectivity index (χ2n) is 6.93. The van der Waals surface area contributed by atoms with Crippen LogP contribution in [0.5, 0.6) is 0 Å². The van der Waals surface area contributed by atoms with Crippen molar-refractivity contribution in [2.45, 2.75) is 12.8 Å². The fourth-order valence-corrected chi connectivity index (χ4v) is 3.76. The average Bonchev–Trinajstić information content (AvgIpc) is 2.80.